The molecule has 0 aliphatic rings. The van der Waals surface area contributed by atoms with E-state index in [0.717, 1.165) is 15.7 Å². The predicted octanol–water partition coefficient (Wildman–Crippen LogP) is 3.48. The number of fused-ring (bicyclic) bond motifs is 1. The topological polar surface area (TPSA) is 52.0 Å². The standard InChI is InChI=1S/C14H10BrFN2O2S/c1-9-2-4-11(5-3-9)21(19,20)18-8-13(15)12-6-10(16)7-17-14(12)18/h2-8H,1H3. The van der Waals surface area contributed by atoms with Gasteiger partial charge in [0, 0.05) is 16.1 Å². The summed E-state index contributed by atoms with van der Waals surface area (Å²) in [6.45, 7) is 1.88. The van der Waals surface area contributed by atoms with E-state index in [1.54, 1.807) is 12.1 Å². The minimum absolute atomic E-state index is 0.156. The molecule has 0 radical (unpaired) electrons. The van der Waals surface area contributed by atoms with Crippen LogP contribution in [0.4, 0.5) is 4.39 Å². The fourth-order valence-electron chi connectivity index (χ4n) is 2.02. The predicted molar refractivity (Wildman–Crippen MR) is 81.2 cm³/mol. The molecule has 7 heteroatoms. The first-order chi connectivity index (χ1) is 9.89. The van der Waals surface area contributed by atoms with Crippen molar-refractivity contribution in [2.75, 3.05) is 0 Å². The molecule has 0 bridgehead atoms. The summed E-state index contributed by atoms with van der Waals surface area (Å²) in [5.41, 5.74) is 1.15. The van der Waals surface area contributed by atoms with Crippen molar-refractivity contribution in [3.8, 4) is 0 Å². The Balaban J connectivity index is 2.26. The third-order valence-corrected chi connectivity index (χ3v) is 5.40. The van der Waals surface area contributed by atoms with Gasteiger partial charge in [-0.1, -0.05) is 17.7 Å². The van der Waals surface area contributed by atoms with Crippen molar-refractivity contribution in [3.63, 3.8) is 0 Å². The van der Waals surface area contributed by atoms with Gasteiger partial charge in [0.1, 0.15) is 5.82 Å². The van der Waals surface area contributed by atoms with Gasteiger partial charge in [-0.25, -0.2) is 21.8 Å². The number of aryl methyl sites for hydroxylation is 1. The molecule has 108 valence electrons. The monoisotopic (exact) mass is 368 g/mol. The normalized spacial score (nSPS) is 12.0. The van der Waals surface area contributed by atoms with E-state index >= 15 is 0 Å². The van der Waals surface area contributed by atoms with Gasteiger partial charge in [0.05, 0.1) is 11.1 Å². The number of hydrogen-bond acceptors (Lipinski definition) is 3. The van der Waals surface area contributed by atoms with Gasteiger partial charge in [-0.05, 0) is 41.1 Å². The van der Waals surface area contributed by atoms with Crippen LogP contribution in [-0.2, 0) is 10.0 Å². The minimum atomic E-state index is -3.77. The first-order valence-corrected chi connectivity index (χ1v) is 8.27. The lowest BCUT2D eigenvalue weighted by atomic mass is 10.2. The van der Waals surface area contributed by atoms with Crippen LogP contribution in [0.15, 0.2) is 52.1 Å². The first-order valence-electron chi connectivity index (χ1n) is 6.04. The number of hydrogen-bond donors (Lipinski definition) is 0. The molecule has 3 rings (SSSR count). The van der Waals surface area contributed by atoms with E-state index in [1.807, 2.05) is 6.92 Å². The molecule has 0 fully saturated rings. The number of halogens is 2. The quantitative estimate of drug-likeness (QED) is 0.695. The summed E-state index contributed by atoms with van der Waals surface area (Å²) < 4.78 is 40.1. The van der Waals surface area contributed by atoms with Gasteiger partial charge in [-0.15, -0.1) is 0 Å². The van der Waals surface area contributed by atoms with Crippen LogP contribution in [0, 0.1) is 12.7 Å². The lowest BCUT2D eigenvalue weighted by Gasteiger charge is -2.07. The van der Waals surface area contributed by atoms with Crippen molar-refractivity contribution in [1.82, 2.24) is 8.96 Å². The maximum atomic E-state index is 13.2. The number of aromatic nitrogens is 2. The summed E-state index contributed by atoms with van der Waals surface area (Å²) in [6, 6.07) is 7.76. The minimum Gasteiger partial charge on any atom is -0.234 e. The molecule has 0 amide bonds. The summed E-state index contributed by atoms with van der Waals surface area (Å²) in [5.74, 6) is -0.520. The average Bonchev–Trinajstić information content (AvgIpc) is 2.77. The van der Waals surface area contributed by atoms with Crippen LogP contribution < -0.4 is 0 Å². The van der Waals surface area contributed by atoms with Crippen LogP contribution in [0.3, 0.4) is 0 Å². The molecule has 0 N–H and O–H groups in total. The highest BCUT2D eigenvalue weighted by Gasteiger charge is 2.21. The van der Waals surface area contributed by atoms with Crippen molar-refractivity contribution in [1.29, 1.82) is 0 Å². The van der Waals surface area contributed by atoms with Crippen LogP contribution in [0.1, 0.15) is 5.56 Å². The molecular weight excluding hydrogens is 359 g/mol. The lowest BCUT2D eigenvalue weighted by Crippen LogP contribution is -2.12. The molecule has 0 atom stereocenters. The van der Waals surface area contributed by atoms with E-state index in [-0.39, 0.29) is 10.5 Å². The maximum Gasteiger partial charge on any atom is 0.269 e. The van der Waals surface area contributed by atoms with Crippen molar-refractivity contribution in [2.45, 2.75) is 11.8 Å². The molecule has 4 nitrogen and oxygen atoms in total. The third kappa shape index (κ3) is 2.36. The van der Waals surface area contributed by atoms with E-state index in [2.05, 4.69) is 20.9 Å². The molecule has 0 spiro atoms. The number of benzene rings is 1. The Morgan fingerprint density at radius 3 is 2.57 bits per heavy atom. The zero-order chi connectivity index (χ0) is 15.2. The Morgan fingerprint density at radius 1 is 1.24 bits per heavy atom. The van der Waals surface area contributed by atoms with Crippen molar-refractivity contribution in [3.05, 3.63) is 58.6 Å². The van der Waals surface area contributed by atoms with Crippen molar-refractivity contribution in [2.24, 2.45) is 0 Å². The van der Waals surface area contributed by atoms with Gasteiger partial charge < -0.3 is 0 Å². The summed E-state index contributed by atoms with van der Waals surface area (Å²) in [6.07, 6.45) is 2.38. The SMILES string of the molecule is Cc1ccc(S(=O)(=O)n2cc(Br)c3cc(F)cnc32)cc1. The van der Waals surface area contributed by atoms with Gasteiger partial charge in [0.15, 0.2) is 5.65 Å². The van der Waals surface area contributed by atoms with Crippen molar-refractivity contribution < 1.29 is 12.8 Å². The molecular formula is C14H10BrFN2O2S. The number of rotatable bonds is 2. The van der Waals surface area contributed by atoms with Gasteiger partial charge in [0.25, 0.3) is 10.0 Å². The lowest BCUT2D eigenvalue weighted by molar-refractivity contribution is 0.588. The molecule has 0 saturated heterocycles. The molecule has 0 saturated carbocycles. The zero-order valence-electron chi connectivity index (χ0n) is 10.9. The summed E-state index contributed by atoms with van der Waals surface area (Å²) >= 11 is 3.24. The fraction of sp³-hybridized carbons (Fsp3) is 0.0714. The van der Waals surface area contributed by atoms with Crippen molar-refractivity contribution >= 4 is 37.0 Å². The second-order valence-electron chi connectivity index (χ2n) is 4.62. The molecule has 1 aromatic carbocycles. The van der Waals surface area contributed by atoms with Gasteiger partial charge in [-0.3, -0.25) is 0 Å². The Kier molecular flexibility index (Phi) is 3.33. The second kappa shape index (κ2) is 4.92. The largest absolute Gasteiger partial charge is 0.269 e. The smallest absolute Gasteiger partial charge is 0.234 e. The van der Waals surface area contributed by atoms with Gasteiger partial charge in [-0.2, -0.15) is 0 Å². The Morgan fingerprint density at radius 2 is 1.90 bits per heavy atom. The van der Waals surface area contributed by atoms with E-state index in [4.69, 9.17) is 0 Å². The van der Waals surface area contributed by atoms with E-state index in [9.17, 15) is 12.8 Å². The highest BCUT2D eigenvalue weighted by Crippen LogP contribution is 2.28. The first kappa shape index (κ1) is 14.2. The summed E-state index contributed by atoms with van der Waals surface area (Å²) in [4.78, 5) is 4.05. The Hall–Kier alpha value is -1.73. The van der Waals surface area contributed by atoms with Crippen LogP contribution in [-0.4, -0.2) is 17.4 Å². The maximum absolute atomic E-state index is 13.2. The Bertz CT molecular complexity index is 934. The highest BCUT2D eigenvalue weighted by molar-refractivity contribution is 9.10. The molecule has 0 unspecified atom stereocenters. The zero-order valence-corrected chi connectivity index (χ0v) is 13.3. The molecule has 21 heavy (non-hydrogen) atoms. The number of nitrogens with zero attached hydrogens (tertiary/aromatic N) is 2. The second-order valence-corrected chi connectivity index (χ2v) is 7.28. The van der Waals surface area contributed by atoms with E-state index in [0.29, 0.717) is 9.86 Å². The van der Waals surface area contributed by atoms with E-state index in [1.165, 1.54) is 24.4 Å². The van der Waals surface area contributed by atoms with Gasteiger partial charge in [0.2, 0.25) is 0 Å². The molecule has 0 aliphatic heterocycles. The summed E-state index contributed by atoms with van der Waals surface area (Å²) in [7, 11) is -3.77. The highest BCUT2D eigenvalue weighted by atomic mass is 79.9. The molecule has 3 aromatic rings. The van der Waals surface area contributed by atoms with Crippen LogP contribution >= 0.6 is 15.9 Å². The number of pyridine rings is 1. The summed E-state index contributed by atoms with van der Waals surface area (Å²) in [5, 5.41) is 0.408. The molecule has 2 aromatic heterocycles. The third-order valence-electron chi connectivity index (χ3n) is 3.11. The van der Waals surface area contributed by atoms with Crippen LogP contribution in [0.25, 0.3) is 11.0 Å². The van der Waals surface area contributed by atoms with E-state index < -0.39 is 15.8 Å². The molecule has 2 heterocycles. The average molecular weight is 369 g/mol. The fourth-order valence-corrected chi connectivity index (χ4v) is 3.98. The van der Waals surface area contributed by atoms with Gasteiger partial charge >= 0.3 is 0 Å². The Labute approximate surface area is 129 Å². The van der Waals surface area contributed by atoms with Crippen LogP contribution in [0.5, 0.6) is 0 Å². The molecule has 0 aliphatic carbocycles. The van der Waals surface area contributed by atoms with Crippen LogP contribution in [0.2, 0.25) is 0 Å².